The number of benzene rings is 1. The Hall–Kier alpha value is -1.55. The molecule has 0 aliphatic carbocycles. The number of nitrogens with two attached hydrogens (primary N) is 1. The molecule has 1 aromatic rings. The number of carbonyl (C=O) groups is 1. The van der Waals surface area contributed by atoms with Crippen molar-refractivity contribution in [1.29, 1.82) is 0 Å². The lowest BCUT2D eigenvalue weighted by atomic mass is 10.1. The maximum absolute atomic E-state index is 11.6. The van der Waals surface area contributed by atoms with Crippen LogP contribution < -0.4 is 15.8 Å². The van der Waals surface area contributed by atoms with Gasteiger partial charge >= 0.3 is 0 Å². The molecule has 1 amide bonds. The van der Waals surface area contributed by atoms with Crippen molar-refractivity contribution in [2.24, 2.45) is 11.7 Å². The predicted molar refractivity (Wildman–Crippen MR) is 72.4 cm³/mol. The van der Waals surface area contributed by atoms with E-state index in [-0.39, 0.29) is 12.5 Å². The molecule has 3 N–H and O–H groups in total. The van der Waals surface area contributed by atoms with Crippen molar-refractivity contribution in [3.8, 4) is 5.75 Å². The fourth-order valence-corrected chi connectivity index (χ4v) is 1.59. The van der Waals surface area contributed by atoms with E-state index in [2.05, 4.69) is 19.2 Å². The summed E-state index contributed by atoms with van der Waals surface area (Å²) in [5.74, 6) is 1.06. The first kappa shape index (κ1) is 14.5. The number of hydrogen-bond acceptors (Lipinski definition) is 3. The molecule has 0 aromatic heterocycles. The lowest BCUT2D eigenvalue weighted by Crippen LogP contribution is -2.32. The number of amides is 1. The van der Waals surface area contributed by atoms with E-state index in [0.29, 0.717) is 19.0 Å². The number of rotatable bonds is 6. The third-order valence-electron chi connectivity index (χ3n) is 2.57. The number of ether oxygens (including phenoxy) is 1. The predicted octanol–water partition coefficient (Wildman–Crippen LogP) is 1.60. The van der Waals surface area contributed by atoms with Crippen LogP contribution >= 0.6 is 0 Å². The summed E-state index contributed by atoms with van der Waals surface area (Å²) in [7, 11) is 0. The van der Waals surface area contributed by atoms with Gasteiger partial charge in [0.25, 0.3) is 5.91 Å². The normalized spacial score (nSPS) is 10.5. The topological polar surface area (TPSA) is 64.3 Å². The van der Waals surface area contributed by atoms with Gasteiger partial charge in [0, 0.05) is 18.7 Å². The minimum atomic E-state index is -0.102. The van der Waals surface area contributed by atoms with Gasteiger partial charge in [-0.1, -0.05) is 32.0 Å². The zero-order valence-electron chi connectivity index (χ0n) is 11.3. The van der Waals surface area contributed by atoms with Gasteiger partial charge in [-0.3, -0.25) is 4.79 Å². The number of nitrogens with one attached hydrogen (secondary N) is 1. The first-order valence-electron chi connectivity index (χ1n) is 6.22. The third kappa shape index (κ3) is 4.37. The number of carbonyl (C=O) groups excluding carboxylic acids is 1. The lowest BCUT2D eigenvalue weighted by molar-refractivity contribution is -0.123. The third-order valence-corrected chi connectivity index (χ3v) is 2.57. The molecular formula is C14H22N2O2. The second-order valence-electron chi connectivity index (χ2n) is 4.75. The Morgan fingerprint density at radius 3 is 2.78 bits per heavy atom. The molecule has 18 heavy (non-hydrogen) atoms. The number of para-hydroxylation sites is 1. The Bertz CT molecular complexity index is 403. The van der Waals surface area contributed by atoms with Crippen LogP contribution in [0.3, 0.4) is 0 Å². The van der Waals surface area contributed by atoms with Crippen molar-refractivity contribution in [3.05, 3.63) is 29.3 Å². The molecule has 0 aliphatic rings. The van der Waals surface area contributed by atoms with E-state index in [1.54, 1.807) is 0 Å². The molecule has 0 heterocycles. The minimum Gasteiger partial charge on any atom is -0.483 e. The zero-order valence-corrected chi connectivity index (χ0v) is 11.3. The van der Waals surface area contributed by atoms with Crippen LogP contribution in [0, 0.1) is 12.8 Å². The second kappa shape index (κ2) is 7.01. The molecule has 0 unspecified atom stereocenters. The highest BCUT2D eigenvalue weighted by Gasteiger charge is 2.08. The van der Waals surface area contributed by atoms with E-state index in [4.69, 9.17) is 10.5 Å². The fraction of sp³-hybridized carbons (Fsp3) is 0.500. The molecule has 100 valence electrons. The van der Waals surface area contributed by atoms with E-state index in [1.165, 1.54) is 0 Å². The van der Waals surface area contributed by atoms with Crippen LogP contribution in [0.25, 0.3) is 0 Å². The maximum Gasteiger partial charge on any atom is 0.257 e. The van der Waals surface area contributed by atoms with Gasteiger partial charge < -0.3 is 15.8 Å². The molecule has 4 heteroatoms. The average molecular weight is 250 g/mol. The summed E-state index contributed by atoms with van der Waals surface area (Å²) in [5.41, 5.74) is 7.56. The number of hydrogen-bond donors (Lipinski definition) is 2. The van der Waals surface area contributed by atoms with Gasteiger partial charge in [-0.25, -0.2) is 0 Å². The molecule has 0 bridgehead atoms. The van der Waals surface area contributed by atoms with Crippen LogP contribution in [0.15, 0.2) is 18.2 Å². The van der Waals surface area contributed by atoms with Gasteiger partial charge in [0.2, 0.25) is 0 Å². The van der Waals surface area contributed by atoms with E-state index < -0.39 is 0 Å². The summed E-state index contributed by atoms with van der Waals surface area (Å²) in [6.07, 6.45) is 0. The van der Waals surface area contributed by atoms with Crippen LogP contribution in [0.1, 0.15) is 25.0 Å². The van der Waals surface area contributed by atoms with Crippen LogP contribution in [-0.2, 0) is 11.3 Å². The maximum atomic E-state index is 11.6. The Morgan fingerprint density at radius 2 is 2.17 bits per heavy atom. The van der Waals surface area contributed by atoms with Crippen molar-refractivity contribution in [2.45, 2.75) is 27.3 Å². The Kier molecular flexibility index (Phi) is 5.65. The van der Waals surface area contributed by atoms with Crippen molar-refractivity contribution in [1.82, 2.24) is 5.32 Å². The van der Waals surface area contributed by atoms with Crippen LogP contribution in [0.4, 0.5) is 0 Å². The van der Waals surface area contributed by atoms with Crippen molar-refractivity contribution in [3.63, 3.8) is 0 Å². The quantitative estimate of drug-likeness (QED) is 0.806. The largest absolute Gasteiger partial charge is 0.483 e. The van der Waals surface area contributed by atoms with E-state index in [0.717, 1.165) is 16.9 Å². The van der Waals surface area contributed by atoms with Gasteiger partial charge in [-0.15, -0.1) is 0 Å². The molecule has 0 aliphatic heterocycles. The molecule has 0 atom stereocenters. The van der Waals surface area contributed by atoms with E-state index in [9.17, 15) is 4.79 Å². The fourth-order valence-electron chi connectivity index (χ4n) is 1.59. The molecule has 0 saturated carbocycles. The summed E-state index contributed by atoms with van der Waals surface area (Å²) in [6.45, 7) is 7.15. The van der Waals surface area contributed by atoms with Gasteiger partial charge in [-0.2, -0.15) is 0 Å². The number of aryl methyl sites for hydroxylation is 1. The van der Waals surface area contributed by atoms with Gasteiger partial charge in [0.05, 0.1) is 0 Å². The standard InChI is InChI=1S/C14H22N2O2/c1-10(2)8-16-13(17)9-18-14-11(3)5-4-6-12(14)7-15/h4-6,10H,7-9,15H2,1-3H3,(H,16,17). The molecule has 0 radical (unpaired) electrons. The molecule has 0 saturated heterocycles. The summed E-state index contributed by atoms with van der Waals surface area (Å²) in [4.78, 5) is 11.6. The molecule has 0 spiro atoms. The first-order chi connectivity index (χ1) is 8.54. The van der Waals surface area contributed by atoms with Gasteiger partial charge in [0.15, 0.2) is 6.61 Å². The second-order valence-corrected chi connectivity index (χ2v) is 4.75. The van der Waals surface area contributed by atoms with Crippen LogP contribution in [0.5, 0.6) is 5.75 Å². The highest BCUT2D eigenvalue weighted by atomic mass is 16.5. The molecular weight excluding hydrogens is 228 g/mol. The molecule has 1 aromatic carbocycles. The smallest absolute Gasteiger partial charge is 0.257 e. The zero-order chi connectivity index (χ0) is 13.5. The summed E-state index contributed by atoms with van der Waals surface area (Å²) < 4.78 is 5.56. The Labute approximate surface area is 109 Å². The average Bonchev–Trinajstić information content (AvgIpc) is 2.34. The van der Waals surface area contributed by atoms with Crippen molar-refractivity contribution in [2.75, 3.05) is 13.2 Å². The lowest BCUT2D eigenvalue weighted by Gasteiger charge is -2.13. The van der Waals surface area contributed by atoms with Gasteiger partial charge in [0.1, 0.15) is 5.75 Å². The molecule has 0 fully saturated rings. The Balaban J connectivity index is 2.55. The van der Waals surface area contributed by atoms with Crippen molar-refractivity contribution < 1.29 is 9.53 Å². The summed E-state index contributed by atoms with van der Waals surface area (Å²) in [6, 6.07) is 5.79. The SMILES string of the molecule is Cc1cccc(CN)c1OCC(=O)NCC(C)C. The van der Waals surface area contributed by atoms with Crippen molar-refractivity contribution >= 4 is 5.91 Å². The minimum absolute atomic E-state index is 0.0323. The van der Waals surface area contributed by atoms with Crippen LogP contribution in [-0.4, -0.2) is 19.1 Å². The first-order valence-corrected chi connectivity index (χ1v) is 6.22. The molecule has 4 nitrogen and oxygen atoms in total. The molecule has 1 rings (SSSR count). The highest BCUT2D eigenvalue weighted by Crippen LogP contribution is 2.22. The summed E-state index contributed by atoms with van der Waals surface area (Å²) >= 11 is 0. The highest BCUT2D eigenvalue weighted by molar-refractivity contribution is 5.77. The van der Waals surface area contributed by atoms with E-state index in [1.807, 2.05) is 25.1 Å². The van der Waals surface area contributed by atoms with Gasteiger partial charge in [-0.05, 0) is 18.4 Å². The monoisotopic (exact) mass is 250 g/mol. The Morgan fingerprint density at radius 1 is 1.44 bits per heavy atom. The van der Waals surface area contributed by atoms with Crippen LogP contribution in [0.2, 0.25) is 0 Å². The van der Waals surface area contributed by atoms with E-state index >= 15 is 0 Å². The summed E-state index contributed by atoms with van der Waals surface area (Å²) in [5, 5.41) is 2.81.